The number of H-pyrrole nitrogens is 1. The summed E-state index contributed by atoms with van der Waals surface area (Å²) in [6.45, 7) is 2.06. The standard InChI is InChI=1S/C15H17N3S/c1-10-6-7-16-13(8-10)15-17-12(9-14(19)18-15)11-4-2-3-5-11/h6-9,11H,2-5H2,1H3,(H,17,18,19). The summed E-state index contributed by atoms with van der Waals surface area (Å²) in [4.78, 5) is 12.2. The summed E-state index contributed by atoms with van der Waals surface area (Å²) in [6, 6.07) is 6.02. The third-order valence-corrected chi connectivity index (χ3v) is 3.93. The van der Waals surface area contributed by atoms with Crippen LogP contribution in [-0.2, 0) is 0 Å². The number of nitrogens with zero attached hydrogens (tertiary/aromatic N) is 2. The zero-order valence-electron chi connectivity index (χ0n) is 11.0. The van der Waals surface area contributed by atoms with E-state index in [1.165, 1.54) is 36.9 Å². The molecule has 0 amide bonds. The summed E-state index contributed by atoms with van der Waals surface area (Å²) in [5.74, 6) is 1.39. The van der Waals surface area contributed by atoms with Crippen molar-refractivity contribution in [2.24, 2.45) is 0 Å². The minimum atomic E-state index is 0.605. The second-order valence-electron chi connectivity index (χ2n) is 5.22. The molecule has 19 heavy (non-hydrogen) atoms. The number of hydrogen-bond donors (Lipinski definition) is 1. The maximum atomic E-state index is 5.30. The molecule has 3 nitrogen and oxygen atoms in total. The van der Waals surface area contributed by atoms with Gasteiger partial charge in [0.2, 0.25) is 0 Å². The van der Waals surface area contributed by atoms with Crippen LogP contribution >= 0.6 is 12.2 Å². The molecule has 0 atom stereocenters. The minimum absolute atomic E-state index is 0.605. The SMILES string of the molecule is Cc1ccnc(-c2nc(=S)cc(C3CCCC3)[nH]2)c1. The molecular formula is C15H17N3S. The van der Waals surface area contributed by atoms with Crippen LogP contribution in [0.4, 0.5) is 0 Å². The molecule has 0 aliphatic heterocycles. The molecule has 0 bridgehead atoms. The molecule has 2 aromatic rings. The van der Waals surface area contributed by atoms with Gasteiger partial charge in [0, 0.05) is 11.9 Å². The number of pyridine rings is 1. The Hall–Kier alpha value is -1.55. The molecule has 1 saturated carbocycles. The highest BCUT2D eigenvalue weighted by atomic mass is 32.1. The molecule has 0 radical (unpaired) electrons. The van der Waals surface area contributed by atoms with Crippen LogP contribution in [0.2, 0.25) is 0 Å². The van der Waals surface area contributed by atoms with Gasteiger partial charge in [-0.1, -0.05) is 25.1 Å². The average Bonchev–Trinajstić information content (AvgIpc) is 2.92. The van der Waals surface area contributed by atoms with Crippen LogP contribution in [0.3, 0.4) is 0 Å². The molecule has 1 aliphatic carbocycles. The molecule has 3 rings (SSSR count). The number of aromatic nitrogens is 3. The lowest BCUT2D eigenvalue weighted by atomic mass is 10.0. The number of rotatable bonds is 2. The van der Waals surface area contributed by atoms with Gasteiger partial charge < -0.3 is 4.98 Å². The highest BCUT2D eigenvalue weighted by molar-refractivity contribution is 7.71. The lowest BCUT2D eigenvalue weighted by Crippen LogP contribution is -2.01. The van der Waals surface area contributed by atoms with Gasteiger partial charge in [-0.05, 0) is 49.4 Å². The summed E-state index contributed by atoms with van der Waals surface area (Å²) < 4.78 is 0.652. The van der Waals surface area contributed by atoms with Crippen molar-refractivity contribution in [1.29, 1.82) is 0 Å². The Balaban J connectivity index is 2.04. The number of nitrogens with one attached hydrogen (secondary N) is 1. The second-order valence-corrected chi connectivity index (χ2v) is 5.64. The van der Waals surface area contributed by atoms with E-state index in [0.29, 0.717) is 10.6 Å². The van der Waals surface area contributed by atoms with Gasteiger partial charge in [-0.15, -0.1) is 0 Å². The smallest absolute Gasteiger partial charge is 0.157 e. The molecule has 0 saturated heterocycles. The van der Waals surface area contributed by atoms with Crippen LogP contribution in [-0.4, -0.2) is 15.0 Å². The molecule has 2 aromatic heterocycles. The van der Waals surface area contributed by atoms with E-state index in [4.69, 9.17) is 12.2 Å². The van der Waals surface area contributed by atoms with Gasteiger partial charge in [-0.25, -0.2) is 4.98 Å². The third-order valence-electron chi connectivity index (χ3n) is 3.72. The molecule has 1 fully saturated rings. The number of aromatic amines is 1. The summed E-state index contributed by atoms with van der Waals surface area (Å²) in [6.07, 6.45) is 6.93. The first kappa shape index (κ1) is 12.5. The van der Waals surface area contributed by atoms with Gasteiger partial charge in [0.1, 0.15) is 10.3 Å². The van der Waals surface area contributed by atoms with E-state index in [-0.39, 0.29) is 0 Å². The third kappa shape index (κ3) is 2.73. The van der Waals surface area contributed by atoms with Crippen molar-refractivity contribution in [3.8, 4) is 11.5 Å². The summed E-state index contributed by atoms with van der Waals surface area (Å²) >= 11 is 5.30. The Bertz CT molecular complexity index is 642. The molecule has 0 unspecified atom stereocenters. The second kappa shape index (κ2) is 5.21. The zero-order valence-corrected chi connectivity index (χ0v) is 11.8. The monoisotopic (exact) mass is 271 g/mol. The summed E-state index contributed by atoms with van der Waals surface area (Å²) in [7, 11) is 0. The molecule has 1 aliphatic rings. The highest BCUT2D eigenvalue weighted by Gasteiger charge is 2.18. The van der Waals surface area contributed by atoms with E-state index in [2.05, 4.69) is 21.9 Å². The van der Waals surface area contributed by atoms with E-state index >= 15 is 0 Å². The molecule has 1 N–H and O–H groups in total. The van der Waals surface area contributed by atoms with Gasteiger partial charge in [0.05, 0.1) is 0 Å². The van der Waals surface area contributed by atoms with Gasteiger partial charge in [-0.3, -0.25) is 4.98 Å². The minimum Gasteiger partial charge on any atom is -0.342 e. The van der Waals surface area contributed by atoms with Crippen molar-refractivity contribution in [1.82, 2.24) is 15.0 Å². The van der Waals surface area contributed by atoms with E-state index in [9.17, 15) is 0 Å². The van der Waals surface area contributed by atoms with Crippen LogP contribution in [0.1, 0.15) is 42.9 Å². The van der Waals surface area contributed by atoms with Crippen LogP contribution in [0.5, 0.6) is 0 Å². The first-order valence-electron chi connectivity index (χ1n) is 6.77. The molecule has 0 aromatic carbocycles. The van der Waals surface area contributed by atoms with Crippen molar-refractivity contribution >= 4 is 12.2 Å². The van der Waals surface area contributed by atoms with Gasteiger partial charge in [0.25, 0.3) is 0 Å². The Morgan fingerprint density at radius 3 is 2.79 bits per heavy atom. The van der Waals surface area contributed by atoms with Crippen molar-refractivity contribution in [3.63, 3.8) is 0 Å². The van der Waals surface area contributed by atoms with E-state index in [1.807, 2.05) is 24.4 Å². The number of hydrogen-bond acceptors (Lipinski definition) is 3. The van der Waals surface area contributed by atoms with E-state index in [0.717, 1.165) is 11.5 Å². The first-order chi connectivity index (χ1) is 9.22. The fourth-order valence-electron chi connectivity index (χ4n) is 2.72. The Morgan fingerprint density at radius 2 is 2.05 bits per heavy atom. The summed E-state index contributed by atoms with van der Waals surface area (Å²) in [5, 5.41) is 0. The fraction of sp³-hybridized carbons (Fsp3) is 0.400. The summed E-state index contributed by atoms with van der Waals surface area (Å²) in [5.41, 5.74) is 3.26. The molecular weight excluding hydrogens is 254 g/mol. The lowest BCUT2D eigenvalue weighted by molar-refractivity contribution is 0.694. The predicted octanol–water partition coefficient (Wildman–Crippen LogP) is 4.17. The zero-order chi connectivity index (χ0) is 13.2. The van der Waals surface area contributed by atoms with Crippen LogP contribution in [0.15, 0.2) is 24.4 Å². The van der Waals surface area contributed by atoms with Crippen molar-refractivity contribution in [3.05, 3.63) is 40.3 Å². The van der Waals surface area contributed by atoms with E-state index < -0.39 is 0 Å². The van der Waals surface area contributed by atoms with E-state index in [1.54, 1.807) is 0 Å². The number of aryl methyl sites for hydroxylation is 1. The van der Waals surface area contributed by atoms with Crippen LogP contribution in [0.25, 0.3) is 11.5 Å². The predicted molar refractivity (Wildman–Crippen MR) is 78.6 cm³/mol. The van der Waals surface area contributed by atoms with Crippen molar-refractivity contribution < 1.29 is 0 Å². The van der Waals surface area contributed by atoms with Gasteiger partial charge in [0.15, 0.2) is 5.82 Å². The van der Waals surface area contributed by atoms with Crippen LogP contribution < -0.4 is 0 Å². The topological polar surface area (TPSA) is 41.6 Å². The first-order valence-corrected chi connectivity index (χ1v) is 7.17. The normalized spacial score (nSPS) is 15.8. The maximum absolute atomic E-state index is 5.30. The maximum Gasteiger partial charge on any atom is 0.157 e. The largest absolute Gasteiger partial charge is 0.342 e. The van der Waals surface area contributed by atoms with Crippen molar-refractivity contribution in [2.45, 2.75) is 38.5 Å². The Morgan fingerprint density at radius 1 is 1.26 bits per heavy atom. The van der Waals surface area contributed by atoms with Crippen LogP contribution in [0, 0.1) is 11.6 Å². The highest BCUT2D eigenvalue weighted by Crippen LogP contribution is 2.33. The van der Waals surface area contributed by atoms with Crippen molar-refractivity contribution in [2.75, 3.05) is 0 Å². The molecule has 4 heteroatoms. The quantitative estimate of drug-likeness (QED) is 0.834. The molecule has 0 spiro atoms. The van der Waals surface area contributed by atoms with Gasteiger partial charge in [-0.2, -0.15) is 0 Å². The fourth-order valence-corrected chi connectivity index (χ4v) is 2.94. The Kier molecular flexibility index (Phi) is 3.42. The average molecular weight is 271 g/mol. The lowest BCUT2D eigenvalue weighted by Gasteiger charge is -2.11. The Labute approximate surface area is 118 Å². The van der Waals surface area contributed by atoms with Gasteiger partial charge >= 0.3 is 0 Å². The molecule has 2 heterocycles. The molecule has 98 valence electrons.